The van der Waals surface area contributed by atoms with E-state index in [9.17, 15) is 4.79 Å². The lowest BCUT2D eigenvalue weighted by Gasteiger charge is -2.29. The number of amidine groups is 1. The van der Waals surface area contributed by atoms with Crippen molar-refractivity contribution in [2.75, 3.05) is 0 Å². The summed E-state index contributed by atoms with van der Waals surface area (Å²) in [6.07, 6.45) is 8.18. The van der Waals surface area contributed by atoms with Crippen molar-refractivity contribution in [3.8, 4) is 0 Å². The number of rotatable bonds is 3. The molecule has 2 saturated carbocycles. The lowest BCUT2D eigenvalue weighted by atomic mass is 9.96. The van der Waals surface area contributed by atoms with E-state index in [0.29, 0.717) is 6.04 Å². The minimum atomic E-state index is -0.581. The molecule has 0 aliphatic heterocycles. The monoisotopic (exact) mass is 238 g/mol. The van der Waals surface area contributed by atoms with Gasteiger partial charge in [0.15, 0.2) is 0 Å². The second kappa shape index (κ2) is 4.94. The highest BCUT2D eigenvalue weighted by atomic mass is 16.2. The molecule has 2 aliphatic carbocycles. The molecule has 5 nitrogen and oxygen atoms in total. The molecule has 0 atom stereocenters. The Bertz CT molecular complexity index is 304. The normalized spacial score (nSPS) is 23.5. The van der Waals surface area contributed by atoms with Crippen LogP contribution in [-0.2, 0) is 0 Å². The fourth-order valence-corrected chi connectivity index (χ4v) is 2.95. The molecule has 0 heterocycles. The zero-order chi connectivity index (χ0) is 12.3. The van der Waals surface area contributed by atoms with Gasteiger partial charge in [0.05, 0.1) is 5.54 Å². The van der Waals surface area contributed by atoms with E-state index in [4.69, 9.17) is 11.1 Å². The fourth-order valence-electron chi connectivity index (χ4n) is 2.95. The van der Waals surface area contributed by atoms with Gasteiger partial charge in [-0.15, -0.1) is 0 Å². The Balaban J connectivity index is 1.89. The van der Waals surface area contributed by atoms with Crippen molar-refractivity contribution in [3.05, 3.63) is 0 Å². The minimum absolute atomic E-state index is 0.0940. The highest BCUT2D eigenvalue weighted by Crippen LogP contribution is 2.29. The van der Waals surface area contributed by atoms with Gasteiger partial charge in [0.25, 0.3) is 0 Å². The molecule has 0 unspecified atom stereocenters. The molecule has 0 aromatic heterocycles. The summed E-state index contributed by atoms with van der Waals surface area (Å²) in [6.45, 7) is 0. The number of amides is 2. The maximum atomic E-state index is 11.9. The third kappa shape index (κ3) is 2.70. The van der Waals surface area contributed by atoms with Crippen molar-refractivity contribution in [2.45, 2.75) is 62.9 Å². The van der Waals surface area contributed by atoms with Crippen LogP contribution in [0.25, 0.3) is 0 Å². The van der Waals surface area contributed by atoms with Crippen LogP contribution >= 0.6 is 0 Å². The van der Waals surface area contributed by atoms with E-state index in [1.807, 2.05) is 0 Å². The Morgan fingerprint density at radius 1 is 1.18 bits per heavy atom. The van der Waals surface area contributed by atoms with Crippen molar-refractivity contribution >= 4 is 11.9 Å². The first-order valence-corrected chi connectivity index (χ1v) is 6.56. The molecule has 2 amide bonds. The summed E-state index contributed by atoms with van der Waals surface area (Å²) in [5.41, 5.74) is 5.05. The molecular formula is C12H22N4O. The van der Waals surface area contributed by atoms with Crippen LogP contribution in [0.15, 0.2) is 0 Å². The largest absolute Gasteiger partial charge is 0.386 e. The molecule has 5 N–H and O–H groups in total. The summed E-state index contributed by atoms with van der Waals surface area (Å²) >= 11 is 0. The van der Waals surface area contributed by atoms with Crippen LogP contribution in [0.2, 0.25) is 0 Å². The molecule has 96 valence electrons. The van der Waals surface area contributed by atoms with Crippen LogP contribution in [0.1, 0.15) is 51.4 Å². The third-order valence-electron chi connectivity index (χ3n) is 4.02. The first-order valence-electron chi connectivity index (χ1n) is 6.56. The Kier molecular flexibility index (Phi) is 3.54. The Labute approximate surface area is 102 Å². The summed E-state index contributed by atoms with van der Waals surface area (Å²) in [6, 6.07) is 0.148. The van der Waals surface area contributed by atoms with E-state index in [-0.39, 0.29) is 11.9 Å². The Morgan fingerprint density at radius 3 is 2.29 bits per heavy atom. The highest BCUT2D eigenvalue weighted by molar-refractivity contribution is 5.92. The number of nitrogens with one attached hydrogen (secondary N) is 3. The maximum Gasteiger partial charge on any atom is 0.315 e. The molecule has 2 aliphatic rings. The van der Waals surface area contributed by atoms with Crippen LogP contribution < -0.4 is 16.4 Å². The summed E-state index contributed by atoms with van der Waals surface area (Å²) < 4.78 is 0. The molecule has 2 fully saturated rings. The molecule has 17 heavy (non-hydrogen) atoms. The molecule has 0 aromatic carbocycles. The van der Waals surface area contributed by atoms with E-state index in [2.05, 4.69) is 10.6 Å². The van der Waals surface area contributed by atoms with Crippen LogP contribution in [0.5, 0.6) is 0 Å². The molecule has 0 spiro atoms. The number of nitrogens with two attached hydrogens (primary N) is 1. The molecule has 5 heteroatoms. The maximum absolute atomic E-state index is 11.9. The number of carbonyl (C=O) groups excluding carboxylic acids is 1. The molecule has 0 radical (unpaired) electrons. The lowest BCUT2D eigenvalue weighted by molar-refractivity contribution is 0.229. The second-order valence-corrected chi connectivity index (χ2v) is 5.28. The van der Waals surface area contributed by atoms with Gasteiger partial charge in [-0.1, -0.05) is 25.7 Å². The molecule has 0 aromatic rings. The average Bonchev–Trinajstić information content (AvgIpc) is 2.89. The van der Waals surface area contributed by atoms with Crippen LogP contribution in [-0.4, -0.2) is 23.4 Å². The van der Waals surface area contributed by atoms with Gasteiger partial charge < -0.3 is 16.4 Å². The minimum Gasteiger partial charge on any atom is -0.386 e. The van der Waals surface area contributed by atoms with E-state index in [0.717, 1.165) is 38.5 Å². The lowest BCUT2D eigenvalue weighted by Crippen LogP contribution is -2.58. The fraction of sp³-hybridized carbons (Fsp3) is 0.833. The van der Waals surface area contributed by atoms with E-state index in [1.165, 1.54) is 12.8 Å². The zero-order valence-corrected chi connectivity index (χ0v) is 10.2. The molecule has 0 bridgehead atoms. The van der Waals surface area contributed by atoms with Crippen LogP contribution in [0.4, 0.5) is 4.79 Å². The predicted molar refractivity (Wildman–Crippen MR) is 67.0 cm³/mol. The van der Waals surface area contributed by atoms with Gasteiger partial charge in [-0.3, -0.25) is 5.41 Å². The summed E-state index contributed by atoms with van der Waals surface area (Å²) in [5, 5.41) is 13.6. The predicted octanol–water partition coefficient (Wildman–Crippen LogP) is 1.48. The smallest absolute Gasteiger partial charge is 0.315 e. The molecule has 0 saturated heterocycles. The first-order chi connectivity index (χ1) is 8.12. The molecule has 2 rings (SSSR count). The molecular weight excluding hydrogens is 216 g/mol. The SMILES string of the molecule is N=C(N)C1(NC(=O)NC2CCCC2)CCCC1. The standard InChI is InChI=1S/C12H22N4O/c13-10(14)12(7-3-4-8-12)16-11(17)15-9-5-1-2-6-9/h9H,1-8H2,(H3,13,14)(H2,15,16,17). The first kappa shape index (κ1) is 12.2. The van der Waals surface area contributed by atoms with Gasteiger partial charge in [-0.2, -0.15) is 0 Å². The number of urea groups is 1. The van der Waals surface area contributed by atoms with Crippen LogP contribution in [0.3, 0.4) is 0 Å². The average molecular weight is 238 g/mol. The van der Waals surface area contributed by atoms with Gasteiger partial charge in [0.2, 0.25) is 0 Å². The second-order valence-electron chi connectivity index (χ2n) is 5.28. The Hall–Kier alpha value is -1.26. The van der Waals surface area contributed by atoms with Gasteiger partial charge in [-0.05, 0) is 25.7 Å². The summed E-state index contributed by atoms with van der Waals surface area (Å²) in [7, 11) is 0. The van der Waals surface area contributed by atoms with Crippen molar-refractivity contribution in [3.63, 3.8) is 0 Å². The number of hydrogen-bond donors (Lipinski definition) is 4. The van der Waals surface area contributed by atoms with Gasteiger partial charge in [-0.25, -0.2) is 4.79 Å². The quantitative estimate of drug-likeness (QED) is 0.443. The van der Waals surface area contributed by atoms with Gasteiger partial charge in [0, 0.05) is 6.04 Å². The van der Waals surface area contributed by atoms with E-state index < -0.39 is 5.54 Å². The van der Waals surface area contributed by atoms with Gasteiger partial charge in [0.1, 0.15) is 5.84 Å². The van der Waals surface area contributed by atoms with E-state index in [1.54, 1.807) is 0 Å². The third-order valence-corrected chi connectivity index (χ3v) is 4.02. The van der Waals surface area contributed by atoms with Crippen molar-refractivity contribution in [1.29, 1.82) is 5.41 Å². The highest BCUT2D eigenvalue weighted by Gasteiger charge is 2.38. The summed E-state index contributed by atoms with van der Waals surface area (Å²) in [5.74, 6) is 0.0940. The topological polar surface area (TPSA) is 91.0 Å². The Morgan fingerprint density at radius 2 is 1.76 bits per heavy atom. The van der Waals surface area contributed by atoms with Crippen molar-refractivity contribution in [1.82, 2.24) is 10.6 Å². The van der Waals surface area contributed by atoms with Gasteiger partial charge >= 0.3 is 6.03 Å². The van der Waals surface area contributed by atoms with Crippen LogP contribution in [0, 0.1) is 5.41 Å². The number of hydrogen-bond acceptors (Lipinski definition) is 2. The van der Waals surface area contributed by atoms with Crippen molar-refractivity contribution < 1.29 is 4.79 Å². The van der Waals surface area contributed by atoms with E-state index >= 15 is 0 Å². The van der Waals surface area contributed by atoms with Crippen molar-refractivity contribution in [2.24, 2.45) is 5.73 Å². The summed E-state index contributed by atoms with van der Waals surface area (Å²) in [4.78, 5) is 11.9. The zero-order valence-electron chi connectivity index (χ0n) is 10.2. The number of carbonyl (C=O) groups is 1.